The molecule has 1 rings (SSSR count). The zero-order chi connectivity index (χ0) is 12.3. The molecular weight excluding hydrogens is 234 g/mol. The van der Waals surface area contributed by atoms with Gasteiger partial charge >= 0.3 is 0 Å². The number of hydrogen-bond donors (Lipinski definition) is 2. The van der Waals surface area contributed by atoms with Gasteiger partial charge in [-0.05, 0) is 26.0 Å². The van der Waals surface area contributed by atoms with Crippen molar-refractivity contribution in [1.82, 2.24) is 5.43 Å². The normalized spacial score (nSPS) is 12.4. The van der Waals surface area contributed by atoms with Crippen molar-refractivity contribution in [1.29, 1.82) is 0 Å². The minimum atomic E-state index is -0.666. The Bertz CT molecular complexity index is 415. The molecule has 3 N–H and O–H groups in total. The van der Waals surface area contributed by atoms with Gasteiger partial charge in [0.2, 0.25) is 0 Å². The third-order valence-electron chi connectivity index (χ3n) is 2.05. The van der Waals surface area contributed by atoms with Gasteiger partial charge in [0.05, 0.1) is 11.1 Å². The molecule has 0 aliphatic rings. The Hall–Kier alpha value is -0.970. The molecule has 0 radical (unpaired) electrons. The molecular formula is C11H13ClF2N2. The van der Waals surface area contributed by atoms with Crippen LogP contribution in [0, 0.1) is 11.6 Å². The number of nitrogens with two attached hydrogens (primary N) is 1. The third kappa shape index (κ3) is 3.01. The van der Waals surface area contributed by atoms with Crippen LogP contribution in [-0.2, 0) is 0 Å². The molecule has 88 valence electrons. The first-order chi connectivity index (χ1) is 7.45. The number of hydrazine groups is 1. The highest BCUT2D eigenvalue weighted by molar-refractivity contribution is 6.30. The Morgan fingerprint density at radius 1 is 1.38 bits per heavy atom. The summed E-state index contributed by atoms with van der Waals surface area (Å²) in [4.78, 5) is 0. The van der Waals surface area contributed by atoms with Crippen LogP contribution in [0.3, 0.4) is 0 Å². The van der Waals surface area contributed by atoms with Gasteiger partial charge in [-0.25, -0.2) is 14.2 Å². The molecule has 5 heteroatoms. The second-order valence-electron chi connectivity index (χ2n) is 3.68. The molecule has 0 fully saturated rings. The number of benzene rings is 1. The van der Waals surface area contributed by atoms with Gasteiger partial charge in [-0.3, -0.25) is 5.84 Å². The monoisotopic (exact) mass is 246 g/mol. The van der Waals surface area contributed by atoms with E-state index in [4.69, 9.17) is 17.4 Å². The van der Waals surface area contributed by atoms with E-state index in [9.17, 15) is 8.78 Å². The number of hydrogen-bond acceptors (Lipinski definition) is 2. The van der Waals surface area contributed by atoms with E-state index < -0.39 is 17.7 Å². The van der Waals surface area contributed by atoms with Gasteiger partial charge in [0.1, 0.15) is 11.6 Å². The van der Waals surface area contributed by atoms with E-state index in [0.29, 0.717) is 0 Å². The lowest BCUT2D eigenvalue weighted by atomic mass is 10.0. The van der Waals surface area contributed by atoms with Gasteiger partial charge in [0.25, 0.3) is 0 Å². The molecule has 0 aromatic heterocycles. The molecule has 0 saturated heterocycles. The fourth-order valence-corrected chi connectivity index (χ4v) is 1.49. The number of allylic oxidation sites excluding steroid dienone is 1. The highest BCUT2D eigenvalue weighted by Crippen LogP contribution is 2.24. The van der Waals surface area contributed by atoms with Gasteiger partial charge in [0, 0.05) is 5.56 Å². The van der Waals surface area contributed by atoms with Crippen molar-refractivity contribution in [3.63, 3.8) is 0 Å². The van der Waals surface area contributed by atoms with Crippen LogP contribution in [0.15, 0.2) is 23.8 Å². The number of nitrogens with one attached hydrogen (secondary N) is 1. The Morgan fingerprint density at radius 2 is 2.00 bits per heavy atom. The predicted octanol–water partition coefficient (Wildman–Crippen LogP) is 3.09. The molecule has 2 nitrogen and oxygen atoms in total. The maximum absolute atomic E-state index is 13.5. The van der Waals surface area contributed by atoms with Gasteiger partial charge in [-0.1, -0.05) is 23.3 Å². The highest BCUT2D eigenvalue weighted by Gasteiger charge is 2.15. The minimum absolute atomic E-state index is 0.130. The zero-order valence-electron chi connectivity index (χ0n) is 9.02. The van der Waals surface area contributed by atoms with Crippen molar-refractivity contribution >= 4 is 11.6 Å². The Kier molecular flexibility index (Phi) is 4.41. The second-order valence-corrected chi connectivity index (χ2v) is 4.08. The second kappa shape index (κ2) is 5.39. The topological polar surface area (TPSA) is 38.0 Å². The van der Waals surface area contributed by atoms with E-state index in [0.717, 1.165) is 17.7 Å². The molecule has 1 aromatic rings. The Balaban J connectivity index is 3.20. The first-order valence-corrected chi connectivity index (χ1v) is 5.09. The van der Waals surface area contributed by atoms with E-state index >= 15 is 0 Å². The number of halogens is 3. The van der Waals surface area contributed by atoms with Crippen molar-refractivity contribution in [3.05, 3.63) is 46.0 Å². The average molecular weight is 247 g/mol. The third-order valence-corrected chi connectivity index (χ3v) is 2.34. The maximum atomic E-state index is 13.5. The smallest absolute Gasteiger partial charge is 0.142 e. The van der Waals surface area contributed by atoms with Crippen molar-refractivity contribution in [2.75, 3.05) is 0 Å². The summed E-state index contributed by atoms with van der Waals surface area (Å²) < 4.78 is 26.7. The minimum Gasteiger partial charge on any atom is -0.271 e. The lowest BCUT2D eigenvalue weighted by molar-refractivity contribution is 0.551. The van der Waals surface area contributed by atoms with Crippen LogP contribution in [0.5, 0.6) is 0 Å². The predicted molar refractivity (Wildman–Crippen MR) is 60.9 cm³/mol. The van der Waals surface area contributed by atoms with Crippen LogP contribution in [-0.4, -0.2) is 0 Å². The van der Waals surface area contributed by atoms with Crippen molar-refractivity contribution in [2.45, 2.75) is 19.9 Å². The molecule has 16 heavy (non-hydrogen) atoms. The molecule has 0 spiro atoms. The standard InChI is InChI=1S/C11H13ClF2N2/c1-6(2)3-11(16-15)7-4-10(14)8(12)5-9(7)13/h3-5,11,16H,15H2,1-2H3. The molecule has 0 aliphatic heterocycles. The SMILES string of the molecule is CC(C)=CC(NN)c1cc(F)c(Cl)cc1F. The van der Waals surface area contributed by atoms with Crippen LogP contribution in [0.1, 0.15) is 25.5 Å². The molecule has 0 saturated carbocycles. The van der Waals surface area contributed by atoms with Gasteiger partial charge in [0.15, 0.2) is 0 Å². The summed E-state index contributed by atoms with van der Waals surface area (Å²) in [6, 6.07) is 1.41. The molecule has 0 heterocycles. The Labute approximate surface area is 98.1 Å². The van der Waals surface area contributed by atoms with Crippen molar-refractivity contribution < 1.29 is 8.78 Å². The summed E-state index contributed by atoms with van der Waals surface area (Å²) in [6.07, 6.45) is 1.70. The van der Waals surface area contributed by atoms with E-state index in [1.807, 2.05) is 13.8 Å². The van der Waals surface area contributed by atoms with Crippen LogP contribution in [0.4, 0.5) is 8.78 Å². The van der Waals surface area contributed by atoms with Gasteiger partial charge in [-0.2, -0.15) is 0 Å². The first kappa shape index (κ1) is 13.1. The summed E-state index contributed by atoms with van der Waals surface area (Å²) in [5, 5.41) is -0.241. The van der Waals surface area contributed by atoms with E-state index in [1.165, 1.54) is 0 Å². The lowest BCUT2D eigenvalue weighted by Gasteiger charge is -2.14. The van der Waals surface area contributed by atoms with Crippen LogP contribution < -0.4 is 11.3 Å². The molecule has 0 amide bonds. The van der Waals surface area contributed by atoms with Crippen molar-refractivity contribution in [2.24, 2.45) is 5.84 Å². The molecule has 0 aliphatic carbocycles. The summed E-state index contributed by atoms with van der Waals surface area (Å²) >= 11 is 5.46. The van der Waals surface area contributed by atoms with E-state index in [2.05, 4.69) is 5.43 Å². The molecule has 1 atom stereocenters. The summed E-state index contributed by atoms with van der Waals surface area (Å²) in [7, 11) is 0. The highest BCUT2D eigenvalue weighted by atomic mass is 35.5. The number of rotatable bonds is 3. The van der Waals surface area contributed by atoms with Crippen LogP contribution in [0.2, 0.25) is 5.02 Å². The largest absolute Gasteiger partial charge is 0.271 e. The lowest BCUT2D eigenvalue weighted by Crippen LogP contribution is -2.27. The molecule has 1 aromatic carbocycles. The van der Waals surface area contributed by atoms with Crippen LogP contribution in [0.25, 0.3) is 0 Å². The zero-order valence-corrected chi connectivity index (χ0v) is 9.78. The molecule has 1 unspecified atom stereocenters. The van der Waals surface area contributed by atoms with E-state index in [-0.39, 0.29) is 10.6 Å². The summed E-state index contributed by atoms with van der Waals surface area (Å²) in [5.41, 5.74) is 3.48. The van der Waals surface area contributed by atoms with Gasteiger partial charge in [-0.15, -0.1) is 0 Å². The maximum Gasteiger partial charge on any atom is 0.142 e. The summed E-state index contributed by atoms with van der Waals surface area (Å²) in [5.74, 6) is 4.04. The van der Waals surface area contributed by atoms with Gasteiger partial charge < -0.3 is 0 Å². The molecule has 0 bridgehead atoms. The first-order valence-electron chi connectivity index (χ1n) is 4.71. The van der Waals surface area contributed by atoms with E-state index in [1.54, 1.807) is 6.08 Å². The van der Waals surface area contributed by atoms with Crippen LogP contribution >= 0.6 is 11.6 Å². The fourth-order valence-electron chi connectivity index (χ4n) is 1.34. The van der Waals surface area contributed by atoms with Crippen molar-refractivity contribution in [3.8, 4) is 0 Å². The fraction of sp³-hybridized carbons (Fsp3) is 0.273. The summed E-state index contributed by atoms with van der Waals surface area (Å²) in [6.45, 7) is 3.68. The quantitative estimate of drug-likeness (QED) is 0.372. The Morgan fingerprint density at radius 3 is 2.50 bits per heavy atom. The average Bonchev–Trinajstić information content (AvgIpc) is 2.20.